The Balaban J connectivity index is 1.99. The quantitative estimate of drug-likeness (QED) is 0.755. The van der Waals surface area contributed by atoms with Crippen LogP contribution < -0.4 is 4.74 Å². The number of ether oxygens (including phenoxy) is 1. The first-order valence-electron chi connectivity index (χ1n) is 6.93. The highest BCUT2D eigenvalue weighted by Crippen LogP contribution is 2.39. The van der Waals surface area contributed by atoms with Gasteiger partial charge < -0.3 is 9.84 Å². The fourth-order valence-electron chi connectivity index (χ4n) is 2.45. The smallest absolute Gasteiger partial charge is 0.212 e. The van der Waals surface area contributed by atoms with E-state index in [-0.39, 0.29) is 5.30 Å². The van der Waals surface area contributed by atoms with Gasteiger partial charge in [0.25, 0.3) is 0 Å². The average Bonchev–Trinajstić information content (AvgIpc) is 2.29. The summed E-state index contributed by atoms with van der Waals surface area (Å²) in [5.41, 5.74) is 4.13. The molecule has 1 N–H and O–H groups in total. The second-order valence-corrected chi connectivity index (χ2v) is 6.20. The van der Waals surface area contributed by atoms with Gasteiger partial charge >= 0.3 is 0 Å². The average molecular weight is 263 g/mol. The van der Waals surface area contributed by atoms with Gasteiger partial charge in [0.15, 0.2) is 0 Å². The Morgan fingerprint density at radius 1 is 1.15 bits per heavy atom. The highest BCUT2D eigenvalue weighted by Gasteiger charge is 2.20. The van der Waals surface area contributed by atoms with E-state index in [2.05, 4.69) is 11.1 Å². The zero-order valence-electron chi connectivity index (χ0n) is 12.1. The second kappa shape index (κ2) is 4.62. The number of hydrogen-bond donors (Lipinski definition) is 1. The predicted molar refractivity (Wildman–Crippen MR) is 87.7 cm³/mol. The van der Waals surface area contributed by atoms with Crippen molar-refractivity contribution in [3.63, 3.8) is 0 Å². The van der Waals surface area contributed by atoms with E-state index in [9.17, 15) is 5.11 Å². The van der Waals surface area contributed by atoms with Crippen LogP contribution in [0, 0.1) is 0 Å². The lowest BCUT2D eigenvalue weighted by atomic mass is 9.52. The van der Waals surface area contributed by atoms with E-state index in [1.165, 1.54) is 5.56 Å². The largest absolute Gasteiger partial charge is 0.507 e. The van der Waals surface area contributed by atoms with Gasteiger partial charge in [-0.15, -0.1) is 0 Å². The molecule has 20 heavy (non-hydrogen) atoms. The highest BCUT2D eigenvalue weighted by atomic mass is 16.5. The van der Waals surface area contributed by atoms with E-state index in [0.29, 0.717) is 11.6 Å². The molecule has 1 aliphatic carbocycles. The first-order valence-corrected chi connectivity index (χ1v) is 6.93. The summed E-state index contributed by atoms with van der Waals surface area (Å²) in [7, 11) is 5.97. The summed E-state index contributed by atoms with van der Waals surface area (Å²) in [4.78, 5) is 4.23. The molecule has 1 aliphatic rings. The first kappa shape index (κ1) is 13.2. The van der Waals surface area contributed by atoms with E-state index >= 15 is 0 Å². The maximum atomic E-state index is 10.3. The van der Waals surface area contributed by atoms with Gasteiger partial charge in [-0.05, 0) is 35.6 Å². The second-order valence-electron chi connectivity index (χ2n) is 6.20. The summed E-state index contributed by atoms with van der Waals surface area (Å²) in [6.07, 6.45) is 3.75. The summed E-state index contributed by atoms with van der Waals surface area (Å²) in [5, 5.41) is 10.1. The number of phenolic OH excluding ortho intramolecular Hbond substituents is 1. The van der Waals surface area contributed by atoms with Gasteiger partial charge in [-0.3, -0.25) is 0 Å². The van der Waals surface area contributed by atoms with E-state index < -0.39 is 0 Å². The molecular formula is C14H16B3NO2. The minimum absolute atomic E-state index is 0.284. The van der Waals surface area contributed by atoms with Gasteiger partial charge in [-0.2, -0.15) is 0 Å². The standard InChI is InChI=1S/C14H16B3NO2/c15-14(16,17)20-12-7-9(5-6-18-12)11-4-2-8-1-3-10(8)13(11)19/h2,4-7,19H,1,3,15-17H2. The molecule has 1 aromatic heterocycles. The molecular weight excluding hydrogens is 247 g/mol. The third-order valence-corrected chi connectivity index (χ3v) is 3.48. The maximum Gasteiger partial charge on any atom is 0.212 e. The van der Waals surface area contributed by atoms with Gasteiger partial charge in [-0.1, -0.05) is 12.1 Å². The molecule has 0 spiro atoms. The number of aromatic hydroxyl groups is 1. The predicted octanol–water partition coefficient (Wildman–Crippen LogP) is -0.558. The zero-order chi connectivity index (χ0) is 14.3. The van der Waals surface area contributed by atoms with Gasteiger partial charge in [0.05, 0.1) is 0 Å². The Kier molecular flexibility index (Phi) is 3.04. The van der Waals surface area contributed by atoms with Gasteiger partial charge in [0, 0.05) is 23.1 Å². The van der Waals surface area contributed by atoms with Crippen molar-refractivity contribution < 1.29 is 9.84 Å². The maximum absolute atomic E-state index is 10.3. The molecule has 0 saturated carbocycles. The molecule has 0 atom stereocenters. The number of benzene rings is 1. The van der Waals surface area contributed by atoms with Crippen molar-refractivity contribution in [3.8, 4) is 22.8 Å². The zero-order valence-corrected chi connectivity index (χ0v) is 12.1. The molecule has 0 amide bonds. The molecule has 1 aromatic carbocycles. The lowest BCUT2D eigenvalue weighted by Crippen LogP contribution is -2.37. The summed E-state index contributed by atoms with van der Waals surface area (Å²) >= 11 is 0. The van der Waals surface area contributed by atoms with Crippen LogP contribution in [0.3, 0.4) is 0 Å². The summed E-state index contributed by atoms with van der Waals surface area (Å²) in [6, 6.07) is 7.85. The molecule has 0 saturated heterocycles. The number of hydrogen-bond acceptors (Lipinski definition) is 3. The van der Waals surface area contributed by atoms with Crippen molar-refractivity contribution >= 4 is 23.5 Å². The van der Waals surface area contributed by atoms with Crippen molar-refractivity contribution in [2.24, 2.45) is 0 Å². The van der Waals surface area contributed by atoms with Crippen LogP contribution in [-0.2, 0) is 12.8 Å². The summed E-state index contributed by atoms with van der Waals surface area (Å²) in [5.74, 6) is 0.985. The van der Waals surface area contributed by atoms with Crippen LogP contribution in [0.2, 0.25) is 0 Å². The number of aryl methyl sites for hydroxylation is 1. The minimum atomic E-state index is -0.284. The van der Waals surface area contributed by atoms with Crippen LogP contribution in [-0.4, -0.2) is 38.9 Å². The molecule has 98 valence electrons. The SMILES string of the molecule is BC(B)(B)Oc1cc(-c2ccc3c(c2O)CC3)ccn1. The van der Waals surface area contributed by atoms with Crippen molar-refractivity contribution in [3.05, 3.63) is 41.6 Å². The van der Waals surface area contributed by atoms with Crippen molar-refractivity contribution in [2.75, 3.05) is 0 Å². The topological polar surface area (TPSA) is 42.4 Å². The highest BCUT2D eigenvalue weighted by molar-refractivity contribution is 6.58. The lowest BCUT2D eigenvalue weighted by molar-refractivity contribution is 0.306. The molecule has 0 fully saturated rings. The molecule has 3 rings (SSSR count). The normalized spacial score (nSPS) is 13.4. The fourth-order valence-corrected chi connectivity index (χ4v) is 2.45. The van der Waals surface area contributed by atoms with Crippen LogP contribution in [0.25, 0.3) is 11.1 Å². The molecule has 0 unspecified atom stereocenters. The Hall–Kier alpha value is -1.84. The molecule has 6 heteroatoms. The number of pyridine rings is 1. The summed E-state index contributed by atoms with van der Waals surface area (Å²) < 4.78 is 5.78. The first-order chi connectivity index (χ1) is 9.44. The van der Waals surface area contributed by atoms with Gasteiger partial charge in [-0.25, -0.2) is 4.98 Å². The van der Waals surface area contributed by atoms with E-state index in [1.54, 1.807) is 6.20 Å². The van der Waals surface area contributed by atoms with E-state index in [1.807, 2.05) is 41.7 Å². The minimum Gasteiger partial charge on any atom is -0.507 e. The number of rotatable bonds is 3. The van der Waals surface area contributed by atoms with Gasteiger partial charge in [0.2, 0.25) is 5.88 Å². The Labute approximate surface area is 121 Å². The molecule has 3 nitrogen and oxygen atoms in total. The molecule has 2 aromatic rings. The van der Waals surface area contributed by atoms with Crippen molar-refractivity contribution in [1.29, 1.82) is 0 Å². The number of fused-ring (bicyclic) bond motifs is 1. The van der Waals surface area contributed by atoms with Crippen LogP contribution in [0.15, 0.2) is 30.5 Å². The monoisotopic (exact) mass is 263 g/mol. The van der Waals surface area contributed by atoms with E-state index in [0.717, 1.165) is 29.5 Å². The van der Waals surface area contributed by atoms with Crippen LogP contribution >= 0.6 is 0 Å². The number of phenols is 1. The van der Waals surface area contributed by atoms with E-state index in [4.69, 9.17) is 4.74 Å². The van der Waals surface area contributed by atoms with Crippen LogP contribution in [0.5, 0.6) is 11.6 Å². The molecule has 0 bridgehead atoms. The molecule has 0 aliphatic heterocycles. The molecule has 0 radical (unpaired) electrons. The number of nitrogens with zero attached hydrogens (tertiary/aromatic N) is 1. The Morgan fingerprint density at radius 2 is 1.95 bits per heavy atom. The van der Waals surface area contributed by atoms with Crippen LogP contribution in [0.1, 0.15) is 11.1 Å². The Morgan fingerprint density at radius 3 is 2.60 bits per heavy atom. The number of aromatic nitrogens is 1. The van der Waals surface area contributed by atoms with Gasteiger partial charge in [0.1, 0.15) is 29.3 Å². The van der Waals surface area contributed by atoms with Crippen molar-refractivity contribution in [1.82, 2.24) is 4.98 Å². The van der Waals surface area contributed by atoms with Crippen LogP contribution in [0.4, 0.5) is 0 Å². The third-order valence-electron chi connectivity index (χ3n) is 3.48. The summed E-state index contributed by atoms with van der Waals surface area (Å²) in [6.45, 7) is 0. The lowest BCUT2D eigenvalue weighted by Gasteiger charge is -2.23. The third kappa shape index (κ3) is 2.42. The molecule has 1 heterocycles. The van der Waals surface area contributed by atoms with Crippen molar-refractivity contribution in [2.45, 2.75) is 18.1 Å². The fraction of sp³-hybridized carbons (Fsp3) is 0.214. The Bertz CT molecular complexity index is 668.